The Morgan fingerprint density at radius 3 is 1.98 bits per heavy atom. The summed E-state index contributed by atoms with van der Waals surface area (Å²) in [6, 6.07) is 6.73. The number of benzene rings is 3. The molecule has 6 atom stereocenters. The van der Waals surface area contributed by atoms with Gasteiger partial charge in [-0.2, -0.15) is 26.3 Å². The molecule has 0 bridgehead atoms. The minimum absolute atomic E-state index is 0.0316. The molecule has 4 amide bonds. The predicted octanol–water partition coefficient (Wildman–Crippen LogP) is 8.22. The number of hydrogen-bond donors (Lipinski definition) is 1. The van der Waals surface area contributed by atoms with Gasteiger partial charge in [0.05, 0.1) is 64.9 Å². The number of ether oxygens (including phenoxy) is 2. The molecule has 7 rings (SSSR count). The smallest absolute Gasteiger partial charge is 0.416 e. The number of halogens is 8. The van der Waals surface area contributed by atoms with Crippen LogP contribution in [0.1, 0.15) is 36.5 Å². The summed E-state index contributed by atoms with van der Waals surface area (Å²) in [6.07, 6.45) is -6.07. The summed E-state index contributed by atoms with van der Waals surface area (Å²) in [5.41, 5.74) is -5.07. The van der Waals surface area contributed by atoms with Gasteiger partial charge in [-0.25, -0.2) is 14.2 Å². The van der Waals surface area contributed by atoms with Gasteiger partial charge in [-0.1, -0.05) is 35.4 Å². The largest absolute Gasteiger partial charge is 0.502 e. The van der Waals surface area contributed by atoms with Crippen LogP contribution >= 0.6 is 11.6 Å². The molecule has 2 saturated heterocycles. The summed E-state index contributed by atoms with van der Waals surface area (Å²) < 4.78 is 108. The third kappa shape index (κ3) is 5.99. The third-order valence-electron chi connectivity index (χ3n) is 11.3. The Morgan fingerprint density at radius 1 is 0.821 bits per heavy atom. The van der Waals surface area contributed by atoms with Crippen molar-refractivity contribution in [2.75, 3.05) is 24.0 Å². The van der Waals surface area contributed by atoms with Crippen LogP contribution < -0.4 is 19.3 Å². The van der Waals surface area contributed by atoms with E-state index in [2.05, 4.69) is 0 Å². The Balaban J connectivity index is 1.35. The van der Waals surface area contributed by atoms with E-state index in [0.29, 0.717) is 28.2 Å². The van der Waals surface area contributed by atoms with E-state index in [1.165, 1.54) is 32.4 Å². The molecule has 1 saturated carbocycles. The molecule has 2 aliphatic heterocycles. The van der Waals surface area contributed by atoms with Crippen molar-refractivity contribution in [3.8, 4) is 17.2 Å². The van der Waals surface area contributed by atoms with Gasteiger partial charge in [0.1, 0.15) is 5.82 Å². The van der Waals surface area contributed by atoms with Crippen molar-refractivity contribution in [2.45, 2.75) is 32.1 Å². The Kier molecular flexibility index (Phi) is 9.29. The summed E-state index contributed by atoms with van der Waals surface area (Å²) in [4.78, 5) is 58.2. The average Bonchev–Trinajstić information content (AvgIpc) is 3.51. The van der Waals surface area contributed by atoms with Gasteiger partial charge in [0.2, 0.25) is 29.4 Å². The maximum atomic E-state index is 14.5. The van der Waals surface area contributed by atoms with E-state index in [4.69, 9.17) is 21.1 Å². The standard InChI is InChI=1S/C39H30ClF7N2O7/c1-37-25(8-4-17-10-29(55-2)32(50)30(11-17)56-3)22-6-7-23-31(24(22)16-26(37)34(52)49(36(37)54)20-5-9-28(41)27(40)15-20)35(53)48(33(23)51)21-13-18(38(42,43)44)12-19(14-21)39(45,46)47/h4-6,8-15,23-26,31,50H,7,16H2,1-3H3. The van der Waals surface area contributed by atoms with Crippen molar-refractivity contribution in [2.24, 2.45) is 35.0 Å². The molecule has 1 N–H and O–H groups in total. The second-order valence-electron chi connectivity index (χ2n) is 14.2. The van der Waals surface area contributed by atoms with Gasteiger partial charge >= 0.3 is 12.4 Å². The number of alkyl halides is 6. The lowest BCUT2D eigenvalue weighted by atomic mass is 9.52. The average molecular weight is 807 g/mol. The molecule has 6 unspecified atom stereocenters. The second kappa shape index (κ2) is 13.4. The Hall–Kier alpha value is -5.38. The summed E-state index contributed by atoms with van der Waals surface area (Å²) in [7, 11) is 2.63. The quantitative estimate of drug-likeness (QED) is 0.152. The molecule has 0 aromatic heterocycles. The summed E-state index contributed by atoms with van der Waals surface area (Å²) >= 11 is 6.02. The zero-order chi connectivity index (χ0) is 40.8. The van der Waals surface area contributed by atoms with Crippen molar-refractivity contribution < 1.29 is 64.5 Å². The Morgan fingerprint density at radius 2 is 1.43 bits per heavy atom. The maximum Gasteiger partial charge on any atom is 0.416 e. The van der Waals surface area contributed by atoms with Crippen LogP contribution in [0.4, 0.5) is 42.1 Å². The van der Waals surface area contributed by atoms with E-state index in [9.17, 15) is 55.0 Å². The second-order valence-corrected chi connectivity index (χ2v) is 14.6. The fourth-order valence-electron chi connectivity index (χ4n) is 8.63. The zero-order valence-electron chi connectivity index (χ0n) is 29.5. The molecule has 3 fully saturated rings. The lowest BCUT2D eigenvalue weighted by molar-refractivity contribution is -0.143. The molecule has 17 heteroatoms. The van der Waals surface area contributed by atoms with E-state index in [-0.39, 0.29) is 46.9 Å². The predicted molar refractivity (Wildman–Crippen MR) is 186 cm³/mol. The summed E-state index contributed by atoms with van der Waals surface area (Å²) in [5.74, 6) is -10.2. The highest BCUT2D eigenvalue weighted by Gasteiger charge is 2.67. The first-order chi connectivity index (χ1) is 26.2. The molecule has 2 aliphatic carbocycles. The Labute approximate surface area is 318 Å². The number of phenols is 1. The van der Waals surface area contributed by atoms with Gasteiger partial charge in [-0.3, -0.25) is 19.2 Å². The molecule has 294 valence electrons. The van der Waals surface area contributed by atoms with Gasteiger partial charge in [0, 0.05) is 5.92 Å². The van der Waals surface area contributed by atoms with Gasteiger partial charge < -0.3 is 14.6 Å². The summed E-state index contributed by atoms with van der Waals surface area (Å²) in [5, 5.41) is 10.1. The van der Waals surface area contributed by atoms with Crippen LogP contribution in [0.5, 0.6) is 17.2 Å². The van der Waals surface area contributed by atoms with E-state index in [1.807, 2.05) is 0 Å². The number of methoxy groups -OCH3 is 2. The number of hydrogen-bond acceptors (Lipinski definition) is 7. The number of nitrogens with zero attached hydrogens (tertiary/aromatic N) is 2. The highest BCUT2D eigenvalue weighted by atomic mass is 35.5. The minimum atomic E-state index is -5.25. The molecule has 0 radical (unpaired) electrons. The minimum Gasteiger partial charge on any atom is -0.502 e. The first-order valence-electron chi connectivity index (χ1n) is 17.1. The summed E-state index contributed by atoms with van der Waals surface area (Å²) in [6.45, 7) is 1.55. The number of carbonyl (C=O) groups is 4. The molecule has 9 nitrogen and oxygen atoms in total. The van der Waals surface area contributed by atoms with E-state index in [0.717, 1.165) is 17.0 Å². The lowest BCUT2D eigenvalue weighted by Crippen LogP contribution is -2.49. The SMILES string of the molecule is COc1cc(C=CC2C3=CCC4C(=O)N(c5cc(C(F)(F)F)cc(C(F)(F)F)c5)C(=O)C4C3CC3C(=O)N(c4ccc(F)c(Cl)c4)C(=O)C23C)cc(OC)c1O. The number of carbonyl (C=O) groups excluding carboxylic acids is 4. The molecule has 0 spiro atoms. The van der Waals surface area contributed by atoms with E-state index in [1.54, 1.807) is 25.2 Å². The van der Waals surface area contributed by atoms with Crippen molar-refractivity contribution in [1.82, 2.24) is 0 Å². The highest BCUT2D eigenvalue weighted by Crippen LogP contribution is 2.61. The molecule has 56 heavy (non-hydrogen) atoms. The normalized spacial score (nSPS) is 26.4. The van der Waals surface area contributed by atoms with Gasteiger partial charge in [0.25, 0.3) is 0 Å². The van der Waals surface area contributed by atoms with E-state index < -0.39 is 93.6 Å². The molecular formula is C39H30ClF7N2O7. The number of anilines is 2. The van der Waals surface area contributed by atoms with Gasteiger partial charge in [-0.15, -0.1) is 0 Å². The molecule has 3 aromatic carbocycles. The van der Waals surface area contributed by atoms with Crippen LogP contribution in [0.25, 0.3) is 6.08 Å². The highest BCUT2D eigenvalue weighted by molar-refractivity contribution is 6.31. The first-order valence-corrected chi connectivity index (χ1v) is 17.4. The number of amides is 4. The van der Waals surface area contributed by atoms with Crippen molar-refractivity contribution in [3.63, 3.8) is 0 Å². The monoisotopic (exact) mass is 806 g/mol. The van der Waals surface area contributed by atoms with Gasteiger partial charge in [0.15, 0.2) is 11.5 Å². The fraction of sp³-hybridized carbons (Fsp3) is 0.333. The first kappa shape index (κ1) is 38.9. The Bertz CT molecular complexity index is 2210. The molecule has 3 aromatic rings. The molecule has 4 aliphatic rings. The zero-order valence-corrected chi connectivity index (χ0v) is 30.2. The molecule has 2 heterocycles. The number of allylic oxidation sites excluding steroid dienone is 3. The topological polar surface area (TPSA) is 113 Å². The fourth-order valence-corrected chi connectivity index (χ4v) is 8.80. The lowest BCUT2D eigenvalue weighted by Gasteiger charge is -2.47. The van der Waals surface area contributed by atoms with Crippen LogP contribution in [0, 0.1) is 40.8 Å². The van der Waals surface area contributed by atoms with Crippen molar-refractivity contribution >= 4 is 52.7 Å². The number of phenolic OH excluding ortho intramolecular Hbond substituents is 1. The number of rotatable bonds is 6. The van der Waals surface area contributed by atoms with Crippen LogP contribution in [-0.2, 0) is 31.5 Å². The number of aromatic hydroxyl groups is 1. The van der Waals surface area contributed by atoms with Crippen molar-refractivity contribution in [3.05, 3.63) is 93.8 Å². The van der Waals surface area contributed by atoms with Gasteiger partial charge in [-0.05, 0) is 79.8 Å². The van der Waals surface area contributed by atoms with Crippen molar-refractivity contribution in [1.29, 1.82) is 0 Å². The van der Waals surface area contributed by atoms with Crippen LogP contribution in [-0.4, -0.2) is 43.0 Å². The number of imide groups is 2. The van der Waals surface area contributed by atoms with Crippen LogP contribution in [0.2, 0.25) is 5.02 Å². The van der Waals surface area contributed by atoms with Crippen LogP contribution in [0.3, 0.4) is 0 Å². The third-order valence-corrected chi connectivity index (χ3v) is 11.6. The number of fused-ring (bicyclic) bond motifs is 4. The molecular weight excluding hydrogens is 777 g/mol. The van der Waals surface area contributed by atoms with E-state index >= 15 is 0 Å². The maximum absolute atomic E-state index is 14.5. The van der Waals surface area contributed by atoms with Crippen LogP contribution in [0.15, 0.2) is 66.3 Å².